The van der Waals surface area contributed by atoms with E-state index in [4.69, 9.17) is 0 Å². The van der Waals surface area contributed by atoms with Crippen molar-refractivity contribution in [3.8, 4) is 11.1 Å². The number of aromatic nitrogens is 2. The Hall–Kier alpha value is -3.39. The number of anilines is 1. The summed E-state index contributed by atoms with van der Waals surface area (Å²) >= 11 is 1.52. The standard InChI is InChI=1S/C23H18F2N4OS/c24-16-7-5-15(6-8-16)18-13-31-22-20(18)21(26-14-27-22)28-9-11-29(12-10-28)23(30)17-3-1-2-4-19(17)25/h1-8,13-14H,9-12H2. The first-order valence-corrected chi connectivity index (χ1v) is 10.8. The highest BCUT2D eigenvalue weighted by Gasteiger charge is 2.26. The number of nitrogens with zero attached hydrogens (tertiary/aromatic N) is 4. The Morgan fingerprint density at radius 1 is 0.935 bits per heavy atom. The Bertz CT molecular complexity index is 1250. The third kappa shape index (κ3) is 3.63. The van der Waals surface area contributed by atoms with Crippen molar-refractivity contribution in [3.63, 3.8) is 0 Å². The summed E-state index contributed by atoms with van der Waals surface area (Å²) in [5.41, 5.74) is 1.95. The summed E-state index contributed by atoms with van der Waals surface area (Å²) in [5, 5.41) is 2.93. The summed E-state index contributed by atoms with van der Waals surface area (Å²) in [6.07, 6.45) is 1.54. The zero-order chi connectivity index (χ0) is 21.4. The number of amides is 1. The van der Waals surface area contributed by atoms with Crippen LogP contribution in [0.2, 0.25) is 0 Å². The van der Waals surface area contributed by atoms with Gasteiger partial charge in [-0.15, -0.1) is 11.3 Å². The van der Waals surface area contributed by atoms with Crippen LogP contribution in [0, 0.1) is 11.6 Å². The first-order valence-electron chi connectivity index (χ1n) is 9.89. The third-order valence-electron chi connectivity index (χ3n) is 5.48. The van der Waals surface area contributed by atoms with E-state index in [-0.39, 0.29) is 17.3 Å². The molecule has 156 valence electrons. The lowest BCUT2D eigenvalue weighted by Gasteiger charge is -2.35. The summed E-state index contributed by atoms with van der Waals surface area (Å²) in [5.74, 6) is -0.290. The number of fused-ring (bicyclic) bond motifs is 1. The molecular formula is C23H18F2N4OS. The van der Waals surface area contributed by atoms with E-state index < -0.39 is 5.82 Å². The molecule has 5 nitrogen and oxygen atoms in total. The normalized spacial score (nSPS) is 14.3. The van der Waals surface area contributed by atoms with E-state index in [1.165, 1.54) is 35.6 Å². The van der Waals surface area contributed by atoms with Gasteiger partial charge in [0.25, 0.3) is 5.91 Å². The molecule has 0 N–H and O–H groups in total. The Kier molecular flexibility index (Phi) is 5.07. The summed E-state index contributed by atoms with van der Waals surface area (Å²) in [6, 6.07) is 12.4. The maximum absolute atomic E-state index is 14.0. The van der Waals surface area contributed by atoms with Crippen molar-refractivity contribution >= 4 is 33.3 Å². The number of carbonyl (C=O) groups is 1. The molecule has 3 heterocycles. The number of piperazine rings is 1. The van der Waals surface area contributed by atoms with Crippen molar-refractivity contribution in [3.05, 3.63) is 77.4 Å². The van der Waals surface area contributed by atoms with Crippen molar-refractivity contribution < 1.29 is 13.6 Å². The SMILES string of the molecule is O=C(c1ccccc1F)N1CCN(c2ncnc3scc(-c4ccc(F)cc4)c23)CC1. The van der Waals surface area contributed by atoms with Gasteiger partial charge in [-0.1, -0.05) is 24.3 Å². The van der Waals surface area contributed by atoms with E-state index in [0.29, 0.717) is 26.2 Å². The minimum Gasteiger partial charge on any atom is -0.352 e. The number of rotatable bonds is 3. The van der Waals surface area contributed by atoms with Crippen LogP contribution in [0.25, 0.3) is 21.3 Å². The van der Waals surface area contributed by atoms with E-state index in [1.54, 1.807) is 35.5 Å². The van der Waals surface area contributed by atoms with E-state index >= 15 is 0 Å². The highest BCUT2D eigenvalue weighted by molar-refractivity contribution is 7.17. The second-order valence-corrected chi connectivity index (χ2v) is 8.15. The van der Waals surface area contributed by atoms with Crippen LogP contribution in [-0.4, -0.2) is 47.0 Å². The zero-order valence-corrected chi connectivity index (χ0v) is 17.3. The highest BCUT2D eigenvalue weighted by Crippen LogP contribution is 2.38. The maximum Gasteiger partial charge on any atom is 0.256 e. The Morgan fingerprint density at radius 2 is 1.68 bits per heavy atom. The van der Waals surface area contributed by atoms with Gasteiger partial charge >= 0.3 is 0 Å². The molecule has 4 aromatic rings. The maximum atomic E-state index is 14.0. The quantitative estimate of drug-likeness (QED) is 0.471. The molecule has 0 aliphatic carbocycles. The lowest BCUT2D eigenvalue weighted by Crippen LogP contribution is -2.49. The molecule has 8 heteroatoms. The van der Waals surface area contributed by atoms with Gasteiger partial charge in [0.05, 0.1) is 10.9 Å². The summed E-state index contributed by atoms with van der Waals surface area (Å²) in [4.78, 5) is 26.3. The fourth-order valence-electron chi connectivity index (χ4n) is 3.87. The van der Waals surface area contributed by atoms with E-state index in [2.05, 4.69) is 14.9 Å². The van der Waals surface area contributed by atoms with E-state index in [1.807, 2.05) is 5.38 Å². The lowest BCUT2D eigenvalue weighted by atomic mass is 10.1. The number of thiophene rings is 1. The monoisotopic (exact) mass is 436 g/mol. The molecule has 1 fully saturated rings. The molecule has 0 atom stereocenters. The fraction of sp³-hybridized carbons (Fsp3) is 0.174. The molecule has 1 aliphatic heterocycles. The molecule has 2 aromatic heterocycles. The van der Waals surface area contributed by atoms with Gasteiger partial charge in [-0.2, -0.15) is 0 Å². The first-order chi connectivity index (χ1) is 15.1. The molecule has 2 aromatic carbocycles. The Balaban J connectivity index is 1.41. The lowest BCUT2D eigenvalue weighted by molar-refractivity contribution is 0.0742. The third-order valence-corrected chi connectivity index (χ3v) is 6.36. The summed E-state index contributed by atoms with van der Waals surface area (Å²) < 4.78 is 27.4. The van der Waals surface area contributed by atoms with Crippen molar-refractivity contribution in [2.45, 2.75) is 0 Å². The summed E-state index contributed by atoms with van der Waals surface area (Å²) in [7, 11) is 0. The molecule has 1 aliphatic rings. The smallest absolute Gasteiger partial charge is 0.256 e. The predicted molar refractivity (Wildman–Crippen MR) is 117 cm³/mol. The number of hydrogen-bond acceptors (Lipinski definition) is 5. The molecule has 0 bridgehead atoms. The minimum absolute atomic E-state index is 0.0943. The largest absolute Gasteiger partial charge is 0.352 e. The second kappa shape index (κ2) is 8.03. The van der Waals surface area contributed by atoms with Crippen LogP contribution >= 0.6 is 11.3 Å². The Morgan fingerprint density at radius 3 is 2.42 bits per heavy atom. The molecule has 1 saturated heterocycles. The van der Waals surface area contributed by atoms with Gasteiger partial charge in [0.2, 0.25) is 0 Å². The van der Waals surface area contributed by atoms with Crippen LogP contribution in [0.3, 0.4) is 0 Å². The van der Waals surface area contributed by atoms with Crippen LogP contribution in [0.5, 0.6) is 0 Å². The average Bonchev–Trinajstić information content (AvgIpc) is 3.24. The van der Waals surface area contributed by atoms with Crippen LogP contribution in [0.1, 0.15) is 10.4 Å². The van der Waals surface area contributed by atoms with Gasteiger partial charge in [0, 0.05) is 37.1 Å². The van der Waals surface area contributed by atoms with Gasteiger partial charge in [0.15, 0.2) is 0 Å². The van der Waals surface area contributed by atoms with Gasteiger partial charge in [-0.25, -0.2) is 18.7 Å². The van der Waals surface area contributed by atoms with Crippen molar-refractivity contribution in [2.24, 2.45) is 0 Å². The van der Waals surface area contributed by atoms with Crippen LogP contribution in [0.4, 0.5) is 14.6 Å². The minimum atomic E-state index is -0.505. The molecule has 1 amide bonds. The second-order valence-electron chi connectivity index (χ2n) is 7.29. The topological polar surface area (TPSA) is 49.3 Å². The fourth-order valence-corrected chi connectivity index (χ4v) is 4.78. The molecule has 0 unspecified atom stereocenters. The number of benzene rings is 2. The van der Waals surface area contributed by atoms with Crippen LogP contribution < -0.4 is 4.90 Å². The van der Waals surface area contributed by atoms with Gasteiger partial charge in [-0.3, -0.25) is 4.79 Å². The number of halogens is 2. The van der Waals surface area contributed by atoms with Crippen molar-refractivity contribution in [1.82, 2.24) is 14.9 Å². The van der Waals surface area contributed by atoms with Gasteiger partial charge in [0.1, 0.15) is 28.6 Å². The molecule has 0 radical (unpaired) electrons. The molecule has 0 spiro atoms. The van der Waals surface area contributed by atoms with E-state index in [0.717, 1.165) is 27.2 Å². The van der Waals surface area contributed by atoms with Gasteiger partial charge < -0.3 is 9.80 Å². The summed E-state index contributed by atoms with van der Waals surface area (Å²) in [6.45, 7) is 2.08. The first kappa shape index (κ1) is 19.6. The molecular weight excluding hydrogens is 418 g/mol. The van der Waals surface area contributed by atoms with Crippen LogP contribution in [0.15, 0.2) is 60.2 Å². The number of hydrogen-bond donors (Lipinski definition) is 0. The molecule has 0 saturated carbocycles. The Labute approximate surface area is 181 Å². The van der Waals surface area contributed by atoms with Gasteiger partial charge in [-0.05, 0) is 29.8 Å². The number of carbonyl (C=O) groups excluding carboxylic acids is 1. The van der Waals surface area contributed by atoms with Crippen molar-refractivity contribution in [1.29, 1.82) is 0 Å². The van der Waals surface area contributed by atoms with Crippen molar-refractivity contribution in [2.75, 3.05) is 31.1 Å². The average molecular weight is 436 g/mol. The highest BCUT2D eigenvalue weighted by atomic mass is 32.1. The zero-order valence-electron chi connectivity index (χ0n) is 16.5. The molecule has 5 rings (SSSR count). The van der Waals surface area contributed by atoms with Crippen LogP contribution in [-0.2, 0) is 0 Å². The predicted octanol–water partition coefficient (Wildman–Crippen LogP) is 4.60. The molecule has 31 heavy (non-hydrogen) atoms. The van der Waals surface area contributed by atoms with E-state index in [9.17, 15) is 13.6 Å².